The van der Waals surface area contributed by atoms with Crippen LogP contribution in [0.5, 0.6) is 0 Å². The average Bonchev–Trinajstić information content (AvgIpc) is 3.16. The molecular formula is C20H20BrN3O. The summed E-state index contributed by atoms with van der Waals surface area (Å²) in [5.41, 5.74) is 3.09. The topological polar surface area (TPSA) is 38.1 Å². The zero-order chi connectivity index (χ0) is 17.6. The molecule has 1 aliphatic heterocycles. The van der Waals surface area contributed by atoms with Gasteiger partial charge in [0.05, 0.1) is 11.0 Å². The van der Waals surface area contributed by atoms with Gasteiger partial charge in [-0.2, -0.15) is 0 Å². The molecule has 0 unspecified atom stereocenters. The second-order valence-electron chi connectivity index (χ2n) is 6.80. The Bertz CT molecular complexity index is 930. The van der Waals surface area contributed by atoms with Crippen LogP contribution in [-0.4, -0.2) is 22.0 Å². The van der Waals surface area contributed by atoms with Gasteiger partial charge < -0.3 is 9.47 Å². The van der Waals surface area contributed by atoms with E-state index in [2.05, 4.69) is 40.4 Å². The van der Waals surface area contributed by atoms with Gasteiger partial charge in [-0.25, -0.2) is 4.98 Å². The Balaban J connectivity index is 1.71. The number of carbonyl (C=O) groups excluding carboxylic acids is 1. The first-order valence-corrected chi connectivity index (χ1v) is 9.36. The minimum Gasteiger partial charge on any atom is -0.325 e. The molecule has 2 heterocycles. The number of hydrogen-bond acceptors (Lipinski definition) is 2. The smallest absolute Gasteiger partial charge is 0.227 e. The molecule has 1 aliphatic rings. The third-order valence-corrected chi connectivity index (χ3v) is 5.30. The SMILES string of the molecule is CC(C)n1c([C@@H]2CC(=O)N(c3ccc(Br)cc3)C2)nc2ccccc21. The van der Waals surface area contributed by atoms with Crippen molar-refractivity contribution in [2.24, 2.45) is 0 Å². The maximum Gasteiger partial charge on any atom is 0.227 e. The van der Waals surface area contributed by atoms with Crippen LogP contribution in [0.4, 0.5) is 5.69 Å². The predicted octanol–water partition coefficient (Wildman–Crippen LogP) is 4.90. The fraction of sp³-hybridized carbons (Fsp3) is 0.300. The molecule has 128 valence electrons. The van der Waals surface area contributed by atoms with Crippen LogP contribution in [0.25, 0.3) is 11.0 Å². The molecule has 5 heteroatoms. The first kappa shape index (κ1) is 16.3. The minimum atomic E-state index is 0.117. The summed E-state index contributed by atoms with van der Waals surface area (Å²) < 4.78 is 3.29. The van der Waals surface area contributed by atoms with Crippen molar-refractivity contribution < 1.29 is 4.79 Å². The van der Waals surface area contributed by atoms with E-state index in [4.69, 9.17) is 4.98 Å². The number of anilines is 1. The summed E-state index contributed by atoms with van der Waals surface area (Å²) in [6, 6.07) is 16.4. The molecule has 2 aromatic carbocycles. The Kier molecular flexibility index (Phi) is 4.12. The lowest BCUT2D eigenvalue weighted by Crippen LogP contribution is -2.24. The molecule has 25 heavy (non-hydrogen) atoms. The van der Waals surface area contributed by atoms with Gasteiger partial charge in [-0.15, -0.1) is 0 Å². The van der Waals surface area contributed by atoms with E-state index in [0.717, 1.165) is 27.0 Å². The second-order valence-corrected chi connectivity index (χ2v) is 7.72. The van der Waals surface area contributed by atoms with Crippen molar-refractivity contribution in [3.8, 4) is 0 Å². The van der Waals surface area contributed by atoms with Gasteiger partial charge in [0.1, 0.15) is 5.82 Å². The largest absolute Gasteiger partial charge is 0.325 e. The summed E-state index contributed by atoms with van der Waals surface area (Å²) in [5, 5.41) is 0. The lowest BCUT2D eigenvalue weighted by atomic mass is 10.1. The molecule has 1 aromatic heterocycles. The molecule has 0 aliphatic carbocycles. The third kappa shape index (κ3) is 2.86. The van der Waals surface area contributed by atoms with Crippen molar-refractivity contribution in [1.29, 1.82) is 0 Å². The zero-order valence-corrected chi connectivity index (χ0v) is 15.9. The molecule has 0 spiro atoms. The number of imidazole rings is 1. The number of amides is 1. The van der Waals surface area contributed by atoms with Gasteiger partial charge in [0.15, 0.2) is 0 Å². The van der Waals surface area contributed by atoms with Crippen molar-refractivity contribution in [3.05, 3.63) is 58.8 Å². The number of aromatic nitrogens is 2. The van der Waals surface area contributed by atoms with Crippen LogP contribution in [0.1, 0.15) is 38.1 Å². The summed E-state index contributed by atoms with van der Waals surface area (Å²) in [6.07, 6.45) is 0.506. The number of nitrogens with zero attached hydrogens (tertiary/aromatic N) is 3. The maximum absolute atomic E-state index is 12.6. The maximum atomic E-state index is 12.6. The van der Waals surface area contributed by atoms with E-state index in [1.54, 1.807) is 0 Å². The molecule has 1 atom stereocenters. The molecule has 0 N–H and O–H groups in total. The molecule has 1 fully saturated rings. The Morgan fingerprint density at radius 2 is 1.84 bits per heavy atom. The highest BCUT2D eigenvalue weighted by atomic mass is 79.9. The highest BCUT2D eigenvalue weighted by molar-refractivity contribution is 9.10. The molecule has 3 aromatic rings. The lowest BCUT2D eigenvalue weighted by Gasteiger charge is -2.19. The molecule has 1 saturated heterocycles. The summed E-state index contributed by atoms with van der Waals surface area (Å²) in [6.45, 7) is 5.01. The quantitative estimate of drug-likeness (QED) is 0.630. The van der Waals surface area contributed by atoms with Gasteiger partial charge in [-0.3, -0.25) is 4.79 Å². The number of fused-ring (bicyclic) bond motifs is 1. The molecule has 4 rings (SSSR count). The van der Waals surface area contributed by atoms with E-state index in [0.29, 0.717) is 19.0 Å². The van der Waals surface area contributed by atoms with Crippen LogP contribution in [0, 0.1) is 0 Å². The average molecular weight is 398 g/mol. The monoisotopic (exact) mass is 397 g/mol. The fourth-order valence-corrected chi connectivity index (χ4v) is 3.91. The Morgan fingerprint density at radius 1 is 1.12 bits per heavy atom. The first-order chi connectivity index (χ1) is 12.0. The molecule has 4 nitrogen and oxygen atoms in total. The number of rotatable bonds is 3. The summed E-state index contributed by atoms with van der Waals surface area (Å²) in [7, 11) is 0. The molecule has 0 saturated carbocycles. The van der Waals surface area contributed by atoms with E-state index in [9.17, 15) is 4.79 Å². The van der Waals surface area contributed by atoms with Crippen LogP contribution in [0.2, 0.25) is 0 Å². The third-order valence-electron chi connectivity index (χ3n) is 4.77. The van der Waals surface area contributed by atoms with E-state index in [1.165, 1.54) is 0 Å². The standard InChI is InChI=1S/C20H20BrN3O/c1-13(2)24-18-6-4-3-5-17(18)22-20(24)14-11-19(25)23(12-14)16-9-7-15(21)8-10-16/h3-10,13-14H,11-12H2,1-2H3/t14-/m1/s1. The fourth-order valence-electron chi connectivity index (χ4n) is 3.64. The van der Waals surface area contributed by atoms with Gasteiger partial charge in [0, 0.05) is 35.1 Å². The van der Waals surface area contributed by atoms with Gasteiger partial charge in [-0.05, 0) is 50.2 Å². The van der Waals surface area contributed by atoms with Crippen molar-refractivity contribution in [1.82, 2.24) is 9.55 Å². The normalized spacial score (nSPS) is 17.8. The van der Waals surface area contributed by atoms with Crippen molar-refractivity contribution in [2.75, 3.05) is 11.4 Å². The number of carbonyl (C=O) groups is 1. The zero-order valence-electron chi connectivity index (χ0n) is 14.3. The number of para-hydroxylation sites is 2. The highest BCUT2D eigenvalue weighted by Crippen LogP contribution is 2.34. The number of benzene rings is 2. The Morgan fingerprint density at radius 3 is 2.56 bits per heavy atom. The van der Waals surface area contributed by atoms with E-state index in [-0.39, 0.29) is 11.8 Å². The summed E-state index contributed by atoms with van der Waals surface area (Å²) in [4.78, 5) is 19.4. The first-order valence-electron chi connectivity index (χ1n) is 8.57. The van der Waals surface area contributed by atoms with Gasteiger partial charge in [-0.1, -0.05) is 28.1 Å². The molecule has 0 radical (unpaired) electrons. The van der Waals surface area contributed by atoms with Crippen LogP contribution in [0.3, 0.4) is 0 Å². The van der Waals surface area contributed by atoms with E-state index in [1.807, 2.05) is 47.4 Å². The van der Waals surface area contributed by atoms with Crippen LogP contribution in [-0.2, 0) is 4.79 Å². The van der Waals surface area contributed by atoms with E-state index < -0.39 is 0 Å². The molecule has 1 amide bonds. The lowest BCUT2D eigenvalue weighted by molar-refractivity contribution is -0.117. The Labute approximate surface area is 155 Å². The summed E-state index contributed by atoms with van der Waals surface area (Å²) >= 11 is 3.45. The van der Waals surface area contributed by atoms with Crippen molar-refractivity contribution >= 4 is 38.6 Å². The van der Waals surface area contributed by atoms with Gasteiger partial charge >= 0.3 is 0 Å². The van der Waals surface area contributed by atoms with Gasteiger partial charge in [0.2, 0.25) is 5.91 Å². The number of halogens is 1. The minimum absolute atomic E-state index is 0.117. The molecule has 0 bridgehead atoms. The number of hydrogen-bond donors (Lipinski definition) is 0. The second kappa shape index (κ2) is 6.30. The molecular weight excluding hydrogens is 378 g/mol. The van der Waals surface area contributed by atoms with Crippen LogP contribution in [0.15, 0.2) is 53.0 Å². The van der Waals surface area contributed by atoms with Crippen LogP contribution >= 0.6 is 15.9 Å². The van der Waals surface area contributed by atoms with Crippen molar-refractivity contribution in [2.45, 2.75) is 32.2 Å². The van der Waals surface area contributed by atoms with Crippen LogP contribution < -0.4 is 4.90 Å². The van der Waals surface area contributed by atoms with E-state index >= 15 is 0 Å². The van der Waals surface area contributed by atoms with Gasteiger partial charge in [0.25, 0.3) is 0 Å². The van der Waals surface area contributed by atoms with Crippen molar-refractivity contribution in [3.63, 3.8) is 0 Å². The Hall–Kier alpha value is -2.14. The summed E-state index contributed by atoms with van der Waals surface area (Å²) in [5.74, 6) is 1.30. The highest BCUT2D eigenvalue weighted by Gasteiger charge is 2.35. The predicted molar refractivity (Wildman–Crippen MR) is 104 cm³/mol.